The van der Waals surface area contributed by atoms with Gasteiger partial charge in [0.05, 0.1) is 28.2 Å². The van der Waals surface area contributed by atoms with Gasteiger partial charge in [0.1, 0.15) is 12.1 Å². The maximum absolute atomic E-state index is 13.7. The molecule has 1 saturated heterocycles. The number of nitrogens with one attached hydrogen (secondary N) is 2. The molecule has 4 N–H and O–H groups in total. The van der Waals surface area contributed by atoms with Crippen LogP contribution in [-0.4, -0.2) is 68.5 Å². The van der Waals surface area contributed by atoms with Crippen LogP contribution < -0.4 is 10.6 Å². The molecule has 11 heteroatoms. The molecular weight excluding hydrogens is 544 g/mol. The molecule has 0 bridgehead atoms. The van der Waals surface area contributed by atoms with E-state index in [0.717, 1.165) is 21.7 Å². The summed E-state index contributed by atoms with van der Waals surface area (Å²) in [5.74, 6) is -1.94. The van der Waals surface area contributed by atoms with Crippen LogP contribution >= 0.6 is 11.3 Å². The van der Waals surface area contributed by atoms with Crippen molar-refractivity contribution in [3.63, 3.8) is 0 Å². The fraction of sp³-hybridized carbons (Fsp3) is 0.567. The highest BCUT2D eigenvalue weighted by atomic mass is 32.1. The number of amides is 3. The molecule has 224 valence electrons. The van der Waals surface area contributed by atoms with Gasteiger partial charge >= 0.3 is 5.97 Å². The number of benzene rings is 1. The molecule has 3 amide bonds. The van der Waals surface area contributed by atoms with Gasteiger partial charge in [-0.1, -0.05) is 51.5 Å². The van der Waals surface area contributed by atoms with Crippen molar-refractivity contribution in [3.05, 3.63) is 41.0 Å². The highest BCUT2D eigenvalue weighted by molar-refractivity contribution is 7.13. The van der Waals surface area contributed by atoms with Crippen molar-refractivity contribution in [2.45, 2.75) is 97.4 Å². The van der Waals surface area contributed by atoms with E-state index in [-0.39, 0.29) is 43.7 Å². The van der Waals surface area contributed by atoms with Gasteiger partial charge in [-0.3, -0.25) is 19.2 Å². The number of carboxylic acid groups (broad SMARTS) is 1. The minimum atomic E-state index is -0.894. The lowest BCUT2D eigenvalue weighted by Crippen LogP contribution is -2.57. The van der Waals surface area contributed by atoms with E-state index < -0.39 is 35.5 Å². The van der Waals surface area contributed by atoms with Gasteiger partial charge in [0.25, 0.3) is 0 Å². The second-order valence-electron chi connectivity index (χ2n) is 11.8. The second kappa shape index (κ2) is 14.0. The zero-order chi connectivity index (χ0) is 30.3. The molecular formula is C30H42N4O6S. The van der Waals surface area contributed by atoms with Gasteiger partial charge in [-0.15, -0.1) is 11.3 Å². The van der Waals surface area contributed by atoms with Gasteiger partial charge in [0.2, 0.25) is 17.7 Å². The number of aryl methyl sites for hydroxylation is 1. The van der Waals surface area contributed by atoms with E-state index >= 15 is 0 Å². The SMILES string of the molecule is Cc1ncsc1-c1ccc(C(C)NC(=O)[C@@H]2C[C@@H](O)CN2C(=O)C(NC(=O)CCCCCC(=O)O)C(C)(C)C)cc1. The summed E-state index contributed by atoms with van der Waals surface area (Å²) < 4.78 is 0. The van der Waals surface area contributed by atoms with E-state index in [1.807, 2.05) is 64.4 Å². The summed E-state index contributed by atoms with van der Waals surface area (Å²) in [4.78, 5) is 57.2. The number of aliphatic hydroxyl groups excluding tert-OH is 1. The van der Waals surface area contributed by atoms with E-state index in [1.165, 1.54) is 4.90 Å². The number of likely N-dealkylation sites (tertiary alicyclic amines) is 1. The first-order chi connectivity index (χ1) is 19.3. The zero-order valence-corrected chi connectivity index (χ0v) is 25.3. The summed E-state index contributed by atoms with van der Waals surface area (Å²) in [5, 5.41) is 25.0. The van der Waals surface area contributed by atoms with Crippen molar-refractivity contribution in [1.29, 1.82) is 0 Å². The molecule has 41 heavy (non-hydrogen) atoms. The van der Waals surface area contributed by atoms with Gasteiger partial charge in [-0.05, 0) is 43.2 Å². The fourth-order valence-corrected chi connectivity index (χ4v) is 5.80. The number of nitrogens with zero attached hydrogens (tertiary/aromatic N) is 2. The topological polar surface area (TPSA) is 149 Å². The molecule has 2 aromatic rings. The summed E-state index contributed by atoms with van der Waals surface area (Å²) >= 11 is 1.57. The molecule has 0 spiro atoms. The Hall–Kier alpha value is -3.31. The lowest BCUT2D eigenvalue weighted by atomic mass is 9.85. The van der Waals surface area contributed by atoms with Crippen molar-refractivity contribution in [3.8, 4) is 10.4 Å². The maximum Gasteiger partial charge on any atom is 0.303 e. The highest BCUT2D eigenvalue weighted by Crippen LogP contribution is 2.29. The molecule has 10 nitrogen and oxygen atoms in total. The third-order valence-electron chi connectivity index (χ3n) is 7.35. The molecule has 1 aliphatic rings. The van der Waals surface area contributed by atoms with Gasteiger partial charge in [-0.25, -0.2) is 4.98 Å². The first kappa shape index (κ1) is 32.2. The van der Waals surface area contributed by atoms with E-state index in [0.29, 0.717) is 19.3 Å². The summed E-state index contributed by atoms with van der Waals surface area (Å²) in [6, 6.07) is 5.82. The average molecular weight is 587 g/mol. The smallest absolute Gasteiger partial charge is 0.303 e. The largest absolute Gasteiger partial charge is 0.481 e. The Morgan fingerprint density at radius 1 is 1.07 bits per heavy atom. The molecule has 0 aliphatic carbocycles. The van der Waals surface area contributed by atoms with Gasteiger partial charge in [0.15, 0.2) is 0 Å². The monoisotopic (exact) mass is 586 g/mol. The van der Waals surface area contributed by atoms with Crippen LogP contribution in [0.4, 0.5) is 0 Å². The standard InChI is InChI=1S/C30H42N4O6S/c1-18(20-11-13-21(14-12-20)26-19(2)31-17-41-26)32-28(39)23-15-22(35)16-34(23)29(40)27(30(3,4)5)33-24(36)9-7-6-8-10-25(37)38/h11-14,17-18,22-23,27,35H,6-10,15-16H2,1-5H3,(H,32,39)(H,33,36)(H,37,38)/t18?,22-,23+,27?/m1/s1. The van der Waals surface area contributed by atoms with Crippen molar-refractivity contribution in [1.82, 2.24) is 20.5 Å². The van der Waals surface area contributed by atoms with Crippen LogP contribution in [0.15, 0.2) is 29.8 Å². The lowest BCUT2D eigenvalue weighted by molar-refractivity contribution is -0.144. The molecule has 2 heterocycles. The zero-order valence-electron chi connectivity index (χ0n) is 24.5. The van der Waals surface area contributed by atoms with E-state index in [4.69, 9.17) is 5.11 Å². The number of aliphatic carboxylic acids is 1. The Morgan fingerprint density at radius 3 is 2.32 bits per heavy atom. The highest BCUT2D eigenvalue weighted by Gasteiger charge is 2.44. The number of β-amino-alcohol motifs (C(OH)–C–C–N with tert-alkyl or cyclic N) is 1. The number of unbranched alkanes of at least 4 members (excludes halogenated alkanes) is 2. The quantitative estimate of drug-likeness (QED) is 0.276. The van der Waals surface area contributed by atoms with Crippen molar-refractivity contribution in [2.75, 3.05) is 6.54 Å². The van der Waals surface area contributed by atoms with Crippen LogP contribution in [-0.2, 0) is 19.2 Å². The Kier molecular flexibility index (Phi) is 11.0. The van der Waals surface area contributed by atoms with E-state index in [1.54, 1.807) is 11.3 Å². The number of thiazole rings is 1. The normalized spacial score (nSPS) is 18.5. The number of hydrogen-bond donors (Lipinski definition) is 4. The van der Waals surface area contributed by atoms with E-state index in [2.05, 4.69) is 15.6 Å². The Morgan fingerprint density at radius 2 is 1.73 bits per heavy atom. The Labute approximate surface area is 245 Å². The summed E-state index contributed by atoms with van der Waals surface area (Å²) in [7, 11) is 0. The minimum absolute atomic E-state index is 0.00579. The average Bonchev–Trinajstić information content (AvgIpc) is 3.51. The van der Waals surface area contributed by atoms with Gasteiger partial charge < -0.3 is 25.7 Å². The third-order valence-corrected chi connectivity index (χ3v) is 8.33. The summed E-state index contributed by atoms with van der Waals surface area (Å²) in [6.07, 6.45) is 1.09. The van der Waals surface area contributed by atoms with Crippen molar-refractivity contribution < 1.29 is 29.4 Å². The number of rotatable bonds is 12. The first-order valence-electron chi connectivity index (χ1n) is 14.1. The molecule has 2 unspecified atom stereocenters. The molecule has 1 aliphatic heterocycles. The van der Waals surface area contributed by atoms with Gasteiger partial charge in [-0.2, -0.15) is 0 Å². The van der Waals surface area contributed by atoms with Crippen molar-refractivity contribution in [2.24, 2.45) is 5.41 Å². The third kappa shape index (κ3) is 8.84. The Bertz CT molecular complexity index is 1220. The molecule has 3 rings (SSSR count). The second-order valence-corrected chi connectivity index (χ2v) is 12.7. The predicted octanol–water partition coefficient (Wildman–Crippen LogP) is 3.82. The van der Waals surface area contributed by atoms with Crippen LogP contribution in [0.2, 0.25) is 0 Å². The van der Waals surface area contributed by atoms with Crippen LogP contribution in [0.1, 0.15) is 83.5 Å². The molecule has 1 aromatic heterocycles. The van der Waals surface area contributed by atoms with Crippen molar-refractivity contribution >= 4 is 35.0 Å². The summed E-state index contributed by atoms with van der Waals surface area (Å²) in [6.45, 7) is 9.35. The van der Waals surface area contributed by atoms with Crippen LogP contribution in [0.25, 0.3) is 10.4 Å². The summed E-state index contributed by atoms with van der Waals surface area (Å²) in [5.41, 5.74) is 4.10. The minimum Gasteiger partial charge on any atom is -0.481 e. The first-order valence-corrected chi connectivity index (χ1v) is 15.0. The molecule has 0 radical (unpaired) electrons. The lowest BCUT2D eigenvalue weighted by Gasteiger charge is -2.35. The Balaban J connectivity index is 1.64. The molecule has 1 aromatic carbocycles. The van der Waals surface area contributed by atoms with Crippen LogP contribution in [0.5, 0.6) is 0 Å². The number of carboxylic acids is 1. The molecule has 0 saturated carbocycles. The number of carbonyl (C=O) groups excluding carboxylic acids is 3. The van der Waals surface area contributed by atoms with Crippen LogP contribution in [0.3, 0.4) is 0 Å². The van der Waals surface area contributed by atoms with Crippen LogP contribution in [0, 0.1) is 12.3 Å². The number of carbonyl (C=O) groups is 4. The number of aromatic nitrogens is 1. The van der Waals surface area contributed by atoms with Gasteiger partial charge in [0, 0.05) is 25.8 Å². The maximum atomic E-state index is 13.7. The van der Waals surface area contributed by atoms with E-state index in [9.17, 15) is 24.3 Å². The predicted molar refractivity (Wildman–Crippen MR) is 157 cm³/mol. The number of hydrogen-bond acceptors (Lipinski definition) is 7. The molecule has 1 fully saturated rings. The molecule has 4 atom stereocenters. The number of aliphatic hydroxyl groups is 1. The fourth-order valence-electron chi connectivity index (χ4n) is 4.99.